The number of carbonyl (C=O) groups is 2. The van der Waals surface area contributed by atoms with Crippen molar-refractivity contribution in [1.82, 2.24) is 9.78 Å². The maximum Gasteiger partial charge on any atom is 0.291 e. The zero-order chi connectivity index (χ0) is 23.8. The Morgan fingerprint density at radius 1 is 0.939 bits per heavy atom. The quantitative estimate of drug-likeness (QED) is 0.518. The van der Waals surface area contributed by atoms with Crippen molar-refractivity contribution in [3.8, 4) is 17.0 Å². The Balaban J connectivity index is 1.94. The summed E-state index contributed by atoms with van der Waals surface area (Å²) in [5.41, 5.74) is 2.44. The third kappa shape index (κ3) is 6.06. The molecule has 3 aromatic rings. The number of carbonyl (C=O) groups excluding carboxylic acids is 2. The number of para-hydroxylation sites is 2. The summed E-state index contributed by atoms with van der Waals surface area (Å²) in [4.78, 5) is 37.7. The second kappa shape index (κ2) is 11.1. The first-order valence-corrected chi connectivity index (χ1v) is 11.0. The Bertz CT molecular complexity index is 1190. The molecule has 2 N–H and O–H groups in total. The molecular weight excluding hydrogens is 420 g/mol. The van der Waals surface area contributed by atoms with Crippen LogP contribution in [0.5, 0.6) is 5.75 Å². The maximum atomic E-state index is 12.9. The molecule has 172 valence electrons. The molecular formula is C25H28N4O4. The summed E-state index contributed by atoms with van der Waals surface area (Å²) in [5, 5.41) is 9.78. The predicted octanol–water partition coefficient (Wildman–Crippen LogP) is 3.86. The van der Waals surface area contributed by atoms with Gasteiger partial charge in [0.25, 0.3) is 5.56 Å². The second-order valence-electron chi connectivity index (χ2n) is 7.34. The Morgan fingerprint density at radius 3 is 2.30 bits per heavy atom. The third-order valence-corrected chi connectivity index (χ3v) is 4.98. The summed E-state index contributed by atoms with van der Waals surface area (Å²) < 4.78 is 6.60. The lowest BCUT2D eigenvalue weighted by molar-refractivity contribution is -0.117. The highest BCUT2D eigenvalue weighted by molar-refractivity contribution is 5.92. The van der Waals surface area contributed by atoms with Crippen molar-refractivity contribution < 1.29 is 14.3 Å². The molecule has 0 saturated carbocycles. The van der Waals surface area contributed by atoms with Gasteiger partial charge in [0.05, 0.1) is 18.0 Å². The van der Waals surface area contributed by atoms with E-state index in [1.165, 1.54) is 11.6 Å². The van der Waals surface area contributed by atoms with Crippen LogP contribution in [0.1, 0.15) is 32.8 Å². The van der Waals surface area contributed by atoms with Gasteiger partial charge < -0.3 is 15.4 Å². The molecule has 0 spiro atoms. The van der Waals surface area contributed by atoms with Crippen molar-refractivity contribution in [2.75, 3.05) is 17.2 Å². The lowest BCUT2D eigenvalue weighted by Crippen LogP contribution is -2.32. The number of rotatable bonds is 9. The average molecular weight is 449 g/mol. The predicted molar refractivity (Wildman–Crippen MR) is 128 cm³/mol. The number of aryl methyl sites for hydroxylation is 1. The van der Waals surface area contributed by atoms with E-state index in [-0.39, 0.29) is 24.6 Å². The molecule has 0 aliphatic heterocycles. The highest BCUT2D eigenvalue weighted by Gasteiger charge is 2.15. The van der Waals surface area contributed by atoms with Gasteiger partial charge in [-0.1, -0.05) is 50.2 Å². The summed E-state index contributed by atoms with van der Waals surface area (Å²) in [6.45, 7) is 5.74. The van der Waals surface area contributed by atoms with Crippen LogP contribution in [-0.4, -0.2) is 28.2 Å². The number of hydrogen-bond donors (Lipinski definition) is 2. The van der Waals surface area contributed by atoms with E-state index in [2.05, 4.69) is 22.7 Å². The minimum absolute atomic E-state index is 0.0777. The van der Waals surface area contributed by atoms with E-state index in [1.54, 1.807) is 25.1 Å². The standard InChI is InChI=1S/C25H28N4O4/c1-4-17-11-13-18(14-12-17)20-15-21(27-23(30)5-2)25(32)29(28-20)16-24(31)26-19-9-7-8-10-22(19)33-6-3/h7-15H,4-6,16H2,1-3H3,(H,26,31)(H,27,30). The van der Waals surface area contributed by atoms with E-state index in [4.69, 9.17) is 4.74 Å². The number of benzene rings is 2. The normalized spacial score (nSPS) is 10.5. The van der Waals surface area contributed by atoms with Gasteiger partial charge in [0.2, 0.25) is 11.8 Å². The van der Waals surface area contributed by atoms with Gasteiger partial charge in [0, 0.05) is 12.0 Å². The lowest BCUT2D eigenvalue weighted by Gasteiger charge is -2.13. The maximum absolute atomic E-state index is 12.9. The van der Waals surface area contributed by atoms with Crippen molar-refractivity contribution in [3.63, 3.8) is 0 Å². The summed E-state index contributed by atoms with van der Waals surface area (Å²) in [5.74, 6) is -0.204. The third-order valence-electron chi connectivity index (χ3n) is 4.98. The van der Waals surface area contributed by atoms with Crippen LogP contribution < -0.4 is 20.9 Å². The fourth-order valence-corrected chi connectivity index (χ4v) is 3.21. The smallest absolute Gasteiger partial charge is 0.291 e. The van der Waals surface area contributed by atoms with Crippen molar-refractivity contribution in [2.45, 2.75) is 40.2 Å². The van der Waals surface area contributed by atoms with Crippen LogP contribution in [0.2, 0.25) is 0 Å². The van der Waals surface area contributed by atoms with Gasteiger partial charge in [0.1, 0.15) is 18.0 Å². The van der Waals surface area contributed by atoms with Crippen molar-refractivity contribution in [2.24, 2.45) is 0 Å². The van der Waals surface area contributed by atoms with Crippen LogP contribution in [0.3, 0.4) is 0 Å². The number of aromatic nitrogens is 2. The number of nitrogens with one attached hydrogen (secondary N) is 2. The van der Waals surface area contributed by atoms with Crippen LogP contribution in [-0.2, 0) is 22.6 Å². The molecule has 2 amide bonds. The SMILES string of the molecule is CCOc1ccccc1NC(=O)Cn1nc(-c2ccc(CC)cc2)cc(NC(=O)CC)c1=O. The zero-order valence-electron chi connectivity index (χ0n) is 19.1. The van der Waals surface area contributed by atoms with Crippen molar-refractivity contribution >= 4 is 23.2 Å². The molecule has 8 nitrogen and oxygen atoms in total. The molecule has 0 fully saturated rings. The number of ether oxygens (including phenoxy) is 1. The molecule has 8 heteroatoms. The Morgan fingerprint density at radius 2 is 1.64 bits per heavy atom. The van der Waals surface area contributed by atoms with Gasteiger partial charge >= 0.3 is 0 Å². The monoisotopic (exact) mass is 448 g/mol. The van der Waals surface area contributed by atoms with E-state index in [0.717, 1.165) is 16.7 Å². The first kappa shape index (κ1) is 23.7. The van der Waals surface area contributed by atoms with Gasteiger partial charge in [-0.15, -0.1) is 0 Å². The Hall–Kier alpha value is -3.94. The zero-order valence-corrected chi connectivity index (χ0v) is 19.1. The minimum atomic E-state index is -0.557. The van der Waals surface area contributed by atoms with Gasteiger partial charge in [-0.3, -0.25) is 14.4 Å². The summed E-state index contributed by atoms with van der Waals surface area (Å²) in [7, 11) is 0. The number of anilines is 2. The Kier molecular flexibility index (Phi) is 7.96. The highest BCUT2D eigenvalue weighted by atomic mass is 16.5. The fraction of sp³-hybridized carbons (Fsp3) is 0.280. The van der Waals surface area contributed by atoms with E-state index in [1.807, 2.05) is 37.3 Å². The Labute approximate surface area is 192 Å². The van der Waals surface area contributed by atoms with Crippen molar-refractivity contribution in [3.05, 3.63) is 70.5 Å². The molecule has 0 radical (unpaired) electrons. The van der Waals surface area contributed by atoms with Crippen LogP contribution in [0.25, 0.3) is 11.3 Å². The fourth-order valence-electron chi connectivity index (χ4n) is 3.21. The molecule has 0 aliphatic carbocycles. The second-order valence-corrected chi connectivity index (χ2v) is 7.34. The number of nitrogens with zero attached hydrogens (tertiary/aromatic N) is 2. The molecule has 0 atom stereocenters. The first-order chi connectivity index (χ1) is 15.9. The summed E-state index contributed by atoms with van der Waals surface area (Å²) in [6, 6.07) is 16.4. The van der Waals surface area contributed by atoms with Crippen molar-refractivity contribution in [1.29, 1.82) is 0 Å². The molecule has 2 aromatic carbocycles. The van der Waals surface area contributed by atoms with Gasteiger partial charge in [-0.05, 0) is 37.1 Å². The lowest BCUT2D eigenvalue weighted by atomic mass is 10.1. The van der Waals surface area contributed by atoms with E-state index < -0.39 is 11.5 Å². The molecule has 3 rings (SSSR count). The van der Waals surface area contributed by atoms with E-state index >= 15 is 0 Å². The molecule has 0 unspecified atom stereocenters. The van der Waals surface area contributed by atoms with E-state index in [9.17, 15) is 14.4 Å². The topological polar surface area (TPSA) is 102 Å². The van der Waals surface area contributed by atoms with Gasteiger partial charge in [-0.2, -0.15) is 5.10 Å². The molecule has 1 aromatic heterocycles. The largest absolute Gasteiger partial charge is 0.492 e. The van der Waals surface area contributed by atoms with Crippen LogP contribution in [0.4, 0.5) is 11.4 Å². The highest BCUT2D eigenvalue weighted by Crippen LogP contribution is 2.24. The number of hydrogen-bond acceptors (Lipinski definition) is 5. The minimum Gasteiger partial charge on any atom is -0.492 e. The molecule has 0 saturated heterocycles. The average Bonchev–Trinajstić information content (AvgIpc) is 2.82. The summed E-state index contributed by atoms with van der Waals surface area (Å²) >= 11 is 0. The first-order valence-electron chi connectivity index (χ1n) is 11.0. The summed E-state index contributed by atoms with van der Waals surface area (Å²) in [6.07, 6.45) is 1.12. The van der Waals surface area contributed by atoms with Crippen LogP contribution in [0.15, 0.2) is 59.4 Å². The van der Waals surface area contributed by atoms with E-state index in [0.29, 0.717) is 23.7 Å². The molecule has 0 aliphatic rings. The van der Waals surface area contributed by atoms with Gasteiger partial charge in [0.15, 0.2) is 0 Å². The molecule has 33 heavy (non-hydrogen) atoms. The van der Waals surface area contributed by atoms with Crippen LogP contribution >= 0.6 is 0 Å². The number of amides is 2. The molecule has 1 heterocycles. The molecule has 0 bridgehead atoms. The van der Waals surface area contributed by atoms with Gasteiger partial charge in [-0.25, -0.2) is 4.68 Å². The van der Waals surface area contributed by atoms with Crippen LogP contribution in [0, 0.1) is 0 Å².